The SMILES string of the molecule is CCOC(=O)c1ncc([N+](=O)[O-])c(I)c1C(F)F. The lowest BCUT2D eigenvalue weighted by Gasteiger charge is -2.09. The van der Waals surface area contributed by atoms with Crippen molar-refractivity contribution in [1.29, 1.82) is 0 Å². The molecule has 0 aliphatic rings. The van der Waals surface area contributed by atoms with E-state index in [0.29, 0.717) is 0 Å². The summed E-state index contributed by atoms with van der Waals surface area (Å²) in [6.07, 6.45) is -2.29. The van der Waals surface area contributed by atoms with E-state index in [2.05, 4.69) is 9.72 Å². The molecule has 1 aromatic rings. The molecule has 0 fully saturated rings. The van der Waals surface area contributed by atoms with Crippen molar-refractivity contribution in [3.05, 3.63) is 31.1 Å². The van der Waals surface area contributed by atoms with E-state index in [1.54, 1.807) is 0 Å². The van der Waals surface area contributed by atoms with Crippen LogP contribution in [0.3, 0.4) is 0 Å². The van der Waals surface area contributed by atoms with Gasteiger partial charge in [0.2, 0.25) is 0 Å². The van der Waals surface area contributed by atoms with Gasteiger partial charge in [0.25, 0.3) is 6.43 Å². The molecule has 0 saturated carbocycles. The van der Waals surface area contributed by atoms with E-state index in [-0.39, 0.29) is 10.2 Å². The van der Waals surface area contributed by atoms with E-state index in [0.717, 1.165) is 6.20 Å². The average Bonchev–Trinajstić information content (AvgIpc) is 2.27. The van der Waals surface area contributed by atoms with Crippen LogP contribution in [0.15, 0.2) is 6.20 Å². The van der Waals surface area contributed by atoms with Crippen LogP contribution in [-0.4, -0.2) is 22.5 Å². The number of nitrogens with zero attached hydrogens (tertiary/aromatic N) is 2. The summed E-state index contributed by atoms with van der Waals surface area (Å²) >= 11 is 1.39. The second-order valence-corrected chi connectivity index (χ2v) is 4.08. The number of nitro groups is 1. The number of ether oxygens (including phenoxy) is 1. The summed E-state index contributed by atoms with van der Waals surface area (Å²) in [6, 6.07) is 0. The van der Waals surface area contributed by atoms with Crippen LogP contribution >= 0.6 is 22.6 Å². The third-order valence-corrected chi connectivity index (χ3v) is 3.05. The lowest BCUT2D eigenvalue weighted by molar-refractivity contribution is -0.386. The Morgan fingerprint density at radius 1 is 1.67 bits per heavy atom. The zero-order chi connectivity index (χ0) is 13.9. The van der Waals surface area contributed by atoms with Gasteiger partial charge in [-0.3, -0.25) is 10.1 Å². The van der Waals surface area contributed by atoms with Crippen LogP contribution in [0.5, 0.6) is 0 Å². The van der Waals surface area contributed by atoms with E-state index >= 15 is 0 Å². The van der Waals surface area contributed by atoms with E-state index in [9.17, 15) is 23.7 Å². The third-order valence-electron chi connectivity index (χ3n) is 1.92. The first-order valence-corrected chi connectivity index (χ1v) is 5.76. The molecule has 0 aliphatic heterocycles. The van der Waals surface area contributed by atoms with Gasteiger partial charge in [-0.05, 0) is 29.5 Å². The van der Waals surface area contributed by atoms with Gasteiger partial charge >= 0.3 is 11.7 Å². The number of hydrogen-bond acceptors (Lipinski definition) is 5. The molecule has 0 unspecified atom stereocenters. The second-order valence-electron chi connectivity index (χ2n) is 3.00. The number of pyridine rings is 1. The predicted octanol–water partition coefficient (Wildman–Crippen LogP) is 2.71. The highest BCUT2D eigenvalue weighted by Crippen LogP contribution is 2.32. The number of carbonyl (C=O) groups excluding carboxylic acids is 1. The predicted molar refractivity (Wildman–Crippen MR) is 64.5 cm³/mol. The number of rotatable bonds is 4. The minimum atomic E-state index is -3.05. The quantitative estimate of drug-likeness (QED) is 0.351. The van der Waals surface area contributed by atoms with Gasteiger partial charge in [0.05, 0.1) is 17.1 Å². The lowest BCUT2D eigenvalue weighted by Crippen LogP contribution is -2.13. The number of halogens is 3. The molecule has 1 heterocycles. The smallest absolute Gasteiger partial charge is 0.357 e. The van der Waals surface area contributed by atoms with Crippen LogP contribution in [-0.2, 0) is 4.74 Å². The van der Waals surface area contributed by atoms with Crippen LogP contribution < -0.4 is 0 Å². The average molecular weight is 372 g/mol. The van der Waals surface area contributed by atoms with Crippen LogP contribution in [0.4, 0.5) is 14.5 Å². The maximum Gasteiger partial charge on any atom is 0.357 e. The summed E-state index contributed by atoms with van der Waals surface area (Å²) in [7, 11) is 0. The molecule has 0 radical (unpaired) electrons. The normalized spacial score (nSPS) is 10.5. The molecular weight excluding hydrogens is 365 g/mol. The van der Waals surface area contributed by atoms with Crippen molar-refractivity contribution in [2.24, 2.45) is 0 Å². The van der Waals surface area contributed by atoms with Gasteiger partial charge in [-0.1, -0.05) is 0 Å². The van der Waals surface area contributed by atoms with Crippen LogP contribution in [0.25, 0.3) is 0 Å². The van der Waals surface area contributed by atoms with Gasteiger partial charge in [0.1, 0.15) is 9.77 Å². The third kappa shape index (κ3) is 2.89. The topological polar surface area (TPSA) is 82.3 Å². The van der Waals surface area contributed by atoms with E-state index in [4.69, 9.17) is 0 Å². The number of aromatic nitrogens is 1. The van der Waals surface area contributed by atoms with E-state index in [1.807, 2.05) is 0 Å². The molecule has 98 valence electrons. The van der Waals surface area contributed by atoms with Gasteiger partial charge in [-0.2, -0.15) is 0 Å². The molecule has 0 spiro atoms. The first-order chi connectivity index (χ1) is 8.40. The largest absolute Gasteiger partial charge is 0.461 e. The summed E-state index contributed by atoms with van der Waals surface area (Å²) in [5.74, 6) is -1.03. The zero-order valence-electron chi connectivity index (χ0n) is 9.02. The Kier molecular flexibility index (Phi) is 4.87. The van der Waals surface area contributed by atoms with Gasteiger partial charge in [0.15, 0.2) is 5.69 Å². The van der Waals surface area contributed by atoms with Crippen LogP contribution in [0.1, 0.15) is 29.4 Å². The van der Waals surface area contributed by atoms with Crippen LogP contribution in [0, 0.1) is 13.7 Å². The Morgan fingerprint density at radius 3 is 2.72 bits per heavy atom. The first kappa shape index (κ1) is 14.7. The van der Waals surface area contributed by atoms with Gasteiger partial charge < -0.3 is 4.74 Å². The van der Waals surface area contributed by atoms with Crippen molar-refractivity contribution in [3.63, 3.8) is 0 Å². The summed E-state index contributed by atoms with van der Waals surface area (Å²) in [4.78, 5) is 24.6. The Morgan fingerprint density at radius 2 is 2.28 bits per heavy atom. The lowest BCUT2D eigenvalue weighted by atomic mass is 10.2. The molecule has 1 aromatic heterocycles. The molecule has 18 heavy (non-hydrogen) atoms. The molecule has 0 saturated heterocycles. The fourth-order valence-corrected chi connectivity index (χ4v) is 2.01. The molecule has 6 nitrogen and oxygen atoms in total. The number of alkyl halides is 2. The monoisotopic (exact) mass is 372 g/mol. The number of esters is 1. The van der Waals surface area contributed by atoms with Crippen molar-refractivity contribution in [2.45, 2.75) is 13.3 Å². The highest BCUT2D eigenvalue weighted by molar-refractivity contribution is 14.1. The summed E-state index contributed by atoms with van der Waals surface area (Å²) < 4.78 is 30.0. The first-order valence-electron chi connectivity index (χ1n) is 4.68. The molecule has 1 rings (SSSR count). The highest BCUT2D eigenvalue weighted by Gasteiger charge is 2.29. The minimum absolute atomic E-state index is 0.00322. The van der Waals surface area contributed by atoms with Crippen molar-refractivity contribution in [1.82, 2.24) is 4.98 Å². The minimum Gasteiger partial charge on any atom is -0.461 e. The molecule has 0 bridgehead atoms. The summed E-state index contributed by atoms with van der Waals surface area (Å²) in [5.41, 5.74) is -1.94. The highest BCUT2D eigenvalue weighted by atomic mass is 127. The maximum atomic E-state index is 12.9. The summed E-state index contributed by atoms with van der Waals surface area (Å²) in [6.45, 7) is 1.51. The Labute approximate surface area is 114 Å². The molecule has 0 aliphatic carbocycles. The zero-order valence-corrected chi connectivity index (χ0v) is 11.2. The molecule has 0 N–H and O–H groups in total. The number of carbonyl (C=O) groups is 1. The van der Waals surface area contributed by atoms with Crippen molar-refractivity contribution in [3.8, 4) is 0 Å². The number of hydrogen-bond donors (Lipinski definition) is 0. The second kappa shape index (κ2) is 5.98. The van der Waals surface area contributed by atoms with E-state index in [1.165, 1.54) is 29.5 Å². The van der Waals surface area contributed by atoms with Gasteiger partial charge in [0, 0.05) is 0 Å². The Bertz CT molecular complexity index is 496. The summed E-state index contributed by atoms with van der Waals surface area (Å²) in [5, 5.41) is 10.6. The molecule has 0 atom stereocenters. The van der Waals surface area contributed by atoms with Gasteiger partial charge in [-0.25, -0.2) is 18.6 Å². The van der Waals surface area contributed by atoms with Crippen molar-refractivity contribution < 1.29 is 23.2 Å². The fourth-order valence-electron chi connectivity index (χ4n) is 1.18. The standard InChI is InChI=1S/C9H7F2IN2O4/c1-2-18-9(15)7-5(8(10)11)6(12)4(3-13-7)14(16)17/h3,8H,2H2,1H3. The molecule has 0 aromatic carbocycles. The van der Waals surface area contributed by atoms with Crippen molar-refractivity contribution >= 4 is 34.2 Å². The Hall–Kier alpha value is -1.39. The fraction of sp³-hybridized carbons (Fsp3) is 0.333. The van der Waals surface area contributed by atoms with Crippen LogP contribution in [0.2, 0.25) is 0 Å². The molecular formula is C9H7F2IN2O4. The maximum absolute atomic E-state index is 12.9. The van der Waals surface area contributed by atoms with E-state index < -0.39 is 34.3 Å². The van der Waals surface area contributed by atoms with Crippen molar-refractivity contribution in [2.75, 3.05) is 6.61 Å². The molecule has 9 heteroatoms. The Balaban J connectivity index is 3.41. The molecule has 0 amide bonds. The van der Waals surface area contributed by atoms with Gasteiger partial charge in [-0.15, -0.1) is 0 Å².